The predicted octanol–water partition coefficient (Wildman–Crippen LogP) is 2.31. The fourth-order valence-corrected chi connectivity index (χ4v) is 2.78. The highest BCUT2D eigenvalue weighted by Crippen LogP contribution is 2.17. The van der Waals surface area contributed by atoms with E-state index in [-0.39, 0.29) is 0 Å². The normalized spacial score (nSPS) is 17.6. The molecule has 106 valence electrons. The highest BCUT2D eigenvalue weighted by molar-refractivity contribution is 5.33. The van der Waals surface area contributed by atoms with Crippen LogP contribution in [0.25, 0.3) is 0 Å². The Morgan fingerprint density at radius 1 is 1.26 bits per heavy atom. The molecule has 0 aliphatic carbocycles. The van der Waals surface area contributed by atoms with E-state index in [1.54, 1.807) is 7.11 Å². The van der Waals surface area contributed by atoms with Crippen LogP contribution in [-0.4, -0.2) is 44.2 Å². The monoisotopic (exact) mass is 262 g/mol. The average Bonchev–Trinajstić information content (AvgIpc) is 2.92. The first-order valence-electron chi connectivity index (χ1n) is 7.37. The van der Waals surface area contributed by atoms with Crippen LogP contribution in [0.5, 0.6) is 5.75 Å². The zero-order valence-corrected chi connectivity index (χ0v) is 12.2. The average molecular weight is 262 g/mol. The van der Waals surface area contributed by atoms with E-state index in [9.17, 15) is 0 Å². The van der Waals surface area contributed by atoms with Crippen LogP contribution >= 0.6 is 0 Å². The van der Waals surface area contributed by atoms with Crippen molar-refractivity contribution in [2.45, 2.75) is 32.2 Å². The largest absolute Gasteiger partial charge is 0.496 e. The first-order chi connectivity index (χ1) is 9.29. The lowest BCUT2D eigenvalue weighted by Crippen LogP contribution is -2.38. The van der Waals surface area contributed by atoms with Crippen LogP contribution in [0, 0.1) is 0 Å². The van der Waals surface area contributed by atoms with Gasteiger partial charge in [-0.05, 0) is 57.5 Å². The molecular weight excluding hydrogens is 236 g/mol. The Morgan fingerprint density at radius 2 is 2.00 bits per heavy atom. The summed E-state index contributed by atoms with van der Waals surface area (Å²) in [5.74, 6) is 0.997. The molecule has 1 aliphatic rings. The number of rotatable bonds is 7. The zero-order chi connectivity index (χ0) is 13.5. The summed E-state index contributed by atoms with van der Waals surface area (Å²) in [6.07, 6.45) is 3.76. The molecule has 1 aliphatic heterocycles. The summed E-state index contributed by atoms with van der Waals surface area (Å²) in [6, 6.07) is 8.83. The molecule has 19 heavy (non-hydrogen) atoms. The molecule has 0 saturated carbocycles. The van der Waals surface area contributed by atoms with Crippen LogP contribution in [0.15, 0.2) is 24.3 Å². The number of likely N-dealkylation sites (tertiary alicyclic amines) is 1. The molecule has 1 unspecified atom stereocenters. The van der Waals surface area contributed by atoms with E-state index in [0.717, 1.165) is 18.7 Å². The summed E-state index contributed by atoms with van der Waals surface area (Å²) in [4.78, 5) is 2.56. The Hall–Kier alpha value is -1.06. The summed E-state index contributed by atoms with van der Waals surface area (Å²) in [5.41, 5.74) is 1.28. The van der Waals surface area contributed by atoms with Crippen molar-refractivity contribution in [2.75, 3.05) is 33.3 Å². The van der Waals surface area contributed by atoms with E-state index < -0.39 is 0 Å². The Morgan fingerprint density at radius 3 is 2.74 bits per heavy atom. The molecule has 0 spiro atoms. The zero-order valence-electron chi connectivity index (χ0n) is 12.2. The van der Waals surface area contributed by atoms with E-state index in [4.69, 9.17) is 4.74 Å². The number of para-hydroxylation sites is 1. The maximum absolute atomic E-state index is 5.37. The molecular formula is C16H26N2O. The highest BCUT2D eigenvalue weighted by Gasteiger charge is 2.14. The topological polar surface area (TPSA) is 24.5 Å². The summed E-state index contributed by atoms with van der Waals surface area (Å²) in [6.45, 7) is 7.01. The number of benzene rings is 1. The predicted molar refractivity (Wildman–Crippen MR) is 79.8 cm³/mol. The first-order valence-corrected chi connectivity index (χ1v) is 7.37. The number of nitrogens with one attached hydrogen (secondary N) is 1. The van der Waals surface area contributed by atoms with Gasteiger partial charge in [0.1, 0.15) is 5.75 Å². The van der Waals surface area contributed by atoms with E-state index in [1.807, 2.05) is 12.1 Å². The van der Waals surface area contributed by atoms with Crippen LogP contribution in [0.3, 0.4) is 0 Å². The van der Waals surface area contributed by atoms with Crippen molar-refractivity contribution >= 4 is 0 Å². The highest BCUT2D eigenvalue weighted by atomic mass is 16.5. The standard InChI is InChI=1S/C16H26N2O/c1-14(13-18-11-5-6-12-18)17-10-9-15-7-3-4-8-16(15)19-2/h3-4,7-8,14,17H,5-6,9-13H2,1-2H3. The second-order valence-electron chi connectivity index (χ2n) is 5.42. The maximum Gasteiger partial charge on any atom is 0.122 e. The molecule has 1 heterocycles. The van der Waals surface area contributed by atoms with Crippen molar-refractivity contribution in [2.24, 2.45) is 0 Å². The van der Waals surface area contributed by atoms with E-state index in [1.165, 1.54) is 38.0 Å². The van der Waals surface area contributed by atoms with Crippen LogP contribution < -0.4 is 10.1 Å². The molecule has 3 nitrogen and oxygen atoms in total. The number of ether oxygens (including phenoxy) is 1. The van der Waals surface area contributed by atoms with E-state index in [0.29, 0.717) is 6.04 Å². The summed E-state index contributed by atoms with van der Waals surface area (Å²) >= 11 is 0. The van der Waals surface area contributed by atoms with Gasteiger partial charge >= 0.3 is 0 Å². The number of nitrogens with zero attached hydrogens (tertiary/aromatic N) is 1. The van der Waals surface area contributed by atoms with Crippen molar-refractivity contribution in [3.63, 3.8) is 0 Å². The van der Waals surface area contributed by atoms with Gasteiger partial charge in [-0.3, -0.25) is 0 Å². The van der Waals surface area contributed by atoms with Gasteiger partial charge in [0.15, 0.2) is 0 Å². The third-order valence-electron chi connectivity index (χ3n) is 3.81. The fraction of sp³-hybridized carbons (Fsp3) is 0.625. The molecule has 0 aromatic heterocycles. The van der Waals surface area contributed by atoms with Crippen molar-refractivity contribution < 1.29 is 4.74 Å². The van der Waals surface area contributed by atoms with E-state index in [2.05, 4.69) is 29.3 Å². The van der Waals surface area contributed by atoms with Crippen molar-refractivity contribution in [3.8, 4) is 5.75 Å². The molecule has 0 amide bonds. The lowest BCUT2D eigenvalue weighted by Gasteiger charge is -2.21. The second kappa shape index (κ2) is 7.51. The molecule has 1 aromatic rings. The molecule has 1 N–H and O–H groups in total. The molecule has 0 radical (unpaired) electrons. The van der Waals surface area contributed by atoms with Gasteiger partial charge in [-0.15, -0.1) is 0 Å². The van der Waals surface area contributed by atoms with E-state index >= 15 is 0 Å². The van der Waals surface area contributed by atoms with Gasteiger partial charge in [-0.2, -0.15) is 0 Å². The van der Waals surface area contributed by atoms with Crippen LogP contribution in [0.2, 0.25) is 0 Å². The molecule has 1 fully saturated rings. The fourth-order valence-electron chi connectivity index (χ4n) is 2.78. The van der Waals surface area contributed by atoms with Gasteiger partial charge in [-0.1, -0.05) is 18.2 Å². The Bertz CT molecular complexity index is 375. The summed E-state index contributed by atoms with van der Waals surface area (Å²) in [7, 11) is 1.74. The Balaban J connectivity index is 1.70. The summed E-state index contributed by atoms with van der Waals surface area (Å²) < 4.78 is 5.37. The Labute approximate surface area is 116 Å². The molecule has 3 heteroatoms. The SMILES string of the molecule is COc1ccccc1CCNC(C)CN1CCCC1. The van der Waals surface area contributed by atoms with Crippen LogP contribution in [0.1, 0.15) is 25.3 Å². The third-order valence-corrected chi connectivity index (χ3v) is 3.81. The minimum atomic E-state index is 0.563. The lowest BCUT2D eigenvalue weighted by molar-refractivity contribution is 0.299. The summed E-state index contributed by atoms with van der Waals surface area (Å²) in [5, 5.41) is 3.61. The molecule has 0 bridgehead atoms. The lowest BCUT2D eigenvalue weighted by atomic mass is 10.1. The second-order valence-corrected chi connectivity index (χ2v) is 5.42. The van der Waals surface area contributed by atoms with Crippen molar-refractivity contribution in [1.82, 2.24) is 10.2 Å². The molecule has 1 atom stereocenters. The van der Waals surface area contributed by atoms with Crippen LogP contribution in [0.4, 0.5) is 0 Å². The third kappa shape index (κ3) is 4.51. The van der Waals surface area contributed by atoms with Gasteiger partial charge in [0.25, 0.3) is 0 Å². The Kier molecular flexibility index (Phi) is 5.67. The molecule has 1 saturated heterocycles. The minimum absolute atomic E-state index is 0.563. The molecule has 1 aromatic carbocycles. The maximum atomic E-state index is 5.37. The van der Waals surface area contributed by atoms with Gasteiger partial charge in [-0.25, -0.2) is 0 Å². The molecule has 2 rings (SSSR count). The quantitative estimate of drug-likeness (QED) is 0.816. The van der Waals surface area contributed by atoms with Crippen molar-refractivity contribution in [1.29, 1.82) is 0 Å². The number of hydrogen-bond donors (Lipinski definition) is 1. The van der Waals surface area contributed by atoms with Crippen LogP contribution in [-0.2, 0) is 6.42 Å². The smallest absolute Gasteiger partial charge is 0.122 e. The van der Waals surface area contributed by atoms with Crippen molar-refractivity contribution in [3.05, 3.63) is 29.8 Å². The van der Waals surface area contributed by atoms with Gasteiger partial charge in [0.2, 0.25) is 0 Å². The van der Waals surface area contributed by atoms with Gasteiger partial charge in [0, 0.05) is 12.6 Å². The number of methoxy groups -OCH3 is 1. The van der Waals surface area contributed by atoms with Gasteiger partial charge < -0.3 is 15.0 Å². The minimum Gasteiger partial charge on any atom is -0.496 e. The first kappa shape index (κ1) is 14.4. The number of hydrogen-bond acceptors (Lipinski definition) is 3. The van der Waals surface area contributed by atoms with Gasteiger partial charge in [0.05, 0.1) is 7.11 Å².